The Morgan fingerprint density at radius 3 is 3.00 bits per heavy atom. The van der Waals surface area contributed by atoms with E-state index in [0.717, 1.165) is 0 Å². The van der Waals surface area contributed by atoms with Crippen molar-refractivity contribution >= 4 is 11.9 Å². The number of aromatic nitrogens is 1. The third kappa shape index (κ3) is 2.46. The predicted octanol–water partition coefficient (Wildman–Crippen LogP) is 0.843. The van der Waals surface area contributed by atoms with E-state index in [0.29, 0.717) is 12.3 Å². The molecule has 2 heterocycles. The molecule has 92 valence electrons. The van der Waals surface area contributed by atoms with Crippen LogP contribution in [0.2, 0.25) is 0 Å². The predicted molar refractivity (Wildman–Crippen MR) is 57.4 cm³/mol. The van der Waals surface area contributed by atoms with Crippen molar-refractivity contribution in [2.24, 2.45) is 0 Å². The van der Waals surface area contributed by atoms with Gasteiger partial charge in [-0.15, -0.1) is 0 Å². The minimum absolute atomic E-state index is 0.0587. The second-order valence-electron chi connectivity index (χ2n) is 4.26. The number of nitrogens with one attached hydrogen (secondary N) is 1. The van der Waals surface area contributed by atoms with E-state index in [1.807, 2.05) is 13.8 Å². The number of ether oxygens (including phenoxy) is 1. The molecular formula is C11H14N2O4. The van der Waals surface area contributed by atoms with Gasteiger partial charge in [-0.2, -0.15) is 0 Å². The normalized spacial score (nSPS) is 19.5. The molecular weight excluding hydrogens is 224 g/mol. The summed E-state index contributed by atoms with van der Waals surface area (Å²) in [5, 5.41) is 2.60. The monoisotopic (exact) mass is 238 g/mol. The topological polar surface area (TPSA) is 81.4 Å². The van der Waals surface area contributed by atoms with Crippen LogP contribution in [0.25, 0.3) is 0 Å². The third-order valence-electron chi connectivity index (χ3n) is 2.53. The number of carbonyl (C=O) groups excluding carboxylic acids is 2. The highest BCUT2D eigenvalue weighted by Crippen LogP contribution is 2.20. The van der Waals surface area contributed by atoms with Gasteiger partial charge in [-0.25, -0.2) is 9.78 Å². The molecule has 1 N–H and O–H groups in total. The Morgan fingerprint density at radius 2 is 2.41 bits per heavy atom. The maximum absolute atomic E-state index is 11.8. The zero-order valence-electron chi connectivity index (χ0n) is 9.73. The molecule has 1 unspecified atom stereocenters. The van der Waals surface area contributed by atoms with Gasteiger partial charge in [0.15, 0.2) is 12.1 Å². The van der Waals surface area contributed by atoms with Gasteiger partial charge in [0, 0.05) is 5.92 Å². The van der Waals surface area contributed by atoms with Crippen molar-refractivity contribution in [2.75, 3.05) is 6.54 Å². The molecule has 1 aliphatic heterocycles. The van der Waals surface area contributed by atoms with Crippen LogP contribution in [0.5, 0.6) is 0 Å². The van der Waals surface area contributed by atoms with Crippen molar-refractivity contribution in [1.82, 2.24) is 10.3 Å². The van der Waals surface area contributed by atoms with Crippen LogP contribution < -0.4 is 5.32 Å². The van der Waals surface area contributed by atoms with E-state index < -0.39 is 12.1 Å². The van der Waals surface area contributed by atoms with Crippen LogP contribution in [0.1, 0.15) is 42.4 Å². The van der Waals surface area contributed by atoms with E-state index >= 15 is 0 Å². The summed E-state index contributed by atoms with van der Waals surface area (Å²) in [6, 6.07) is 0. The molecule has 1 saturated heterocycles. The first-order valence-corrected chi connectivity index (χ1v) is 5.49. The van der Waals surface area contributed by atoms with Crippen molar-refractivity contribution in [3.63, 3.8) is 0 Å². The number of oxazole rings is 1. The van der Waals surface area contributed by atoms with Gasteiger partial charge >= 0.3 is 5.97 Å². The van der Waals surface area contributed by atoms with E-state index in [9.17, 15) is 9.59 Å². The molecule has 0 saturated carbocycles. The summed E-state index contributed by atoms with van der Waals surface area (Å²) < 4.78 is 10.3. The summed E-state index contributed by atoms with van der Waals surface area (Å²) in [6.07, 6.45) is 1.02. The van der Waals surface area contributed by atoms with Gasteiger partial charge in [-0.3, -0.25) is 4.79 Å². The molecule has 1 aliphatic rings. The van der Waals surface area contributed by atoms with Crippen molar-refractivity contribution in [3.8, 4) is 0 Å². The average Bonchev–Trinajstić information content (AvgIpc) is 2.86. The molecule has 2 rings (SSSR count). The zero-order valence-corrected chi connectivity index (χ0v) is 9.73. The van der Waals surface area contributed by atoms with Crippen LogP contribution in [0.3, 0.4) is 0 Å². The second kappa shape index (κ2) is 4.57. The number of hydrogen-bond acceptors (Lipinski definition) is 5. The second-order valence-corrected chi connectivity index (χ2v) is 4.26. The molecule has 1 atom stereocenters. The molecule has 1 fully saturated rings. The minimum atomic E-state index is -0.538. The van der Waals surface area contributed by atoms with E-state index in [2.05, 4.69) is 10.3 Å². The Morgan fingerprint density at radius 1 is 1.65 bits per heavy atom. The van der Waals surface area contributed by atoms with Crippen molar-refractivity contribution in [1.29, 1.82) is 0 Å². The third-order valence-corrected chi connectivity index (χ3v) is 2.53. The lowest BCUT2D eigenvalue weighted by atomic mass is 10.1. The molecule has 0 radical (unpaired) electrons. The van der Waals surface area contributed by atoms with Gasteiger partial charge in [0.25, 0.3) is 0 Å². The maximum Gasteiger partial charge on any atom is 0.360 e. The Kier molecular flexibility index (Phi) is 3.12. The molecule has 0 aliphatic carbocycles. The first kappa shape index (κ1) is 11.6. The molecule has 6 nitrogen and oxygen atoms in total. The molecule has 1 aromatic rings. The summed E-state index contributed by atoms with van der Waals surface area (Å²) in [6.45, 7) is 4.16. The van der Waals surface area contributed by atoms with Crippen LogP contribution in [0.15, 0.2) is 10.8 Å². The summed E-state index contributed by atoms with van der Waals surface area (Å²) in [5.41, 5.74) is 0.194. The zero-order chi connectivity index (χ0) is 12.4. The first-order valence-electron chi connectivity index (χ1n) is 5.49. The summed E-state index contributed by atoms with van der Waals surface area (Å²) in [5.74, 6) is -0.0772. The van der Waals surface area contributed by atoms with E-state index in [1.54, 1.807) is 0 Å². The Hall–Kier alpha value is -1.85. The van der Waals surface area contributed by atoms with Crippen LogP contribution in [-0.4, -0.2) is 29.5 Å². The van der Waals surface area contributed by atoms with E-state index in [4.69, 9.17) is 9.15 Å². The summed E-state index contributed by atoms with van der Waals surface area (Å²) >= 11 is 0. The Balaban J connectivity index is 2.04. The maximum atomic E-state index is 11.8. The van der Waals surface area contributed by atoms with Crippen molar-refractivity contribution in [2.45, 2.75) is 32.3 Å². The number of nitrogens with zero attached hydrogens (tertiary/aromatic N) is 1. The number of esters is 1. The highest BCUT2D eigenvalue weighted by molar-refractivity contribution is 5.89. The Labute approximate surface area is 98.3 Å². The molecule has 17 heavy (non-hydrogen) atoms. The van der Waals surface area contributed by atoms with Crippen LogP contribution in [-0.2, 0) is 9.53 Å². The summed E-state index contributed by atoms with van der Waals surface area (Å²) in [4.78, 5) is 26.6. The fraction of sp³-hybridized carbons (Fsp3) is 0.545. The number of hydrogen-bond donors (Lipinski definition) is 1. The Bertz CT molecular complexity index is 438. The fourth-order valence-electron chi connectivity index (χ4n) is 1.69. The van der Waals surface area contributed by atoms with Crippen LogP contribution >= 0.6 is 0 Å². The smallest absolute Gasteiger partial charge is 0.360 e. The highest BCUT2D eigenvalue weighted by Gasteiger charge is 2.28. The largest absolute Gasteiger partial charge is 0.455 e. The van der Waals surface area contributed by atoms with Crippen molar-refractivity contribution in [3.05, 3.63) is 17.8 Å². The van der Waals surface area contributed by atoms with Crippen molar-refractivity contribution < 1.29 is 18.7 Å². The quantitative estimate of drug-likeness (QED) is 0.789. The highest BCUT2D eigenvalue weighted by atomic mass is 16.5. The van der Waals surface area contributed by atoms with Gasteiger partial charge in [-0.1, -0.05) is 13.8 Å². The molecule has 1 aromatic heterocycles. The molecule has 0 aromatic carbocycles. The standard InChI is InChI=1S/C11H14N2O4/c1-6(2)10-9(13-5-16-10)11(15)17-7-3-8(14)12-4-7/h5-7H,3-4H2,1-2H3,(H,12,14). The minimum Gasteiger partial charge on any atom is -0.455 e. The molecule has 0 spiro atoms. The molecule has 6 heteroatoms. The number of carbonyl (C=O) groups is 2. The van der Waals surface area contributed by atoms with Gasteiger partial charge in [-0.05, 0) is 0 Å². The number of rotatable bonds is 3. The fourth-order valence-corrected chi connectivity index (χ4v) is 1.69. The average molecular weight is 238 g/mol. The number of amides is 1. The van der Waals surface area contributed by atoms with Crippen LogP contribution in [0, 0.1) is 0 Å². The first-order chi connectivity index (χ1) is 8.08. The summed E-state index contributed by atoms with van der Waals surface area (Å²) in [7, 11) is 0. The van der Waals surface area contributed by atoms with E-state index in [-0.39, 0.29) is 23.9 Å². The van der Waals surface area contributed by atoms with Crippen LogP contribution in [0.4, 0.5) is 0 Å². The van der Waals surface area contributed by atoms with Gasteiger partial charge in [0.2, 0.25) is 5.91 Å². The lowest BCUT2D eigenvalue weighted by Gasteiger charge is -2.09. The van der Waals surface area contributed by atoms with E-state index in [1.165, 1.54) is 6.39 Å². The van der Waals surface area contributed by atoms with Gasteiger partial charge in [0.1, 0.15) is 11.9 Å². The molecule has 0 bridgehead atoms. The lowest BCUT2D eigenvalue weighted by molar-refractivity contribution is -0.119. The van der Waals surface area contributed by atoms with Gasteiger partial charge in [0.05, 0.1) is 13.0 Å². The molecule has 1 amide bonds. The van der Waals surface area contributed by atoms with Gasteiger partial charge < -0.3 is 14.5 Å². The SMILES string of the molecule is CC(C)c1ocnc1C(=O)OC1CNC(=O)C1. The lowest BCUT2D eigenvalue weighted by Crippen LogP contribution is -2.22.